The maximum absolute atomic E-state index is 12.0. The lowest BCUT2D eigenvalue weighted by molar-refractivity contribution is -0.123. The van der Waals surface area contributed by atoms with Gasteiger partial charge in [0.1, 0.15) is 0 Å². The predicted molar refractivity (Wildman–Crippen MR) is 62.3 cm³/mol. The number of rotatable bonds is 2. The molecule has 0 radical (unpaired) electrons. The number of hydrogen-bond donors (Lipinski definition) is 2. The Morgan fingerprint density at radius 1 is 1.38 bits per heavy atom. The minimum atomic E-state index is 0.0943. The minimum absolute atomic E-state index is 0.0943. The second-order valence-corrected chi connectivity index (χ2v) is 4.65. The first-order chi connectivity index (χ1) is 7.84. The molecule has 1 unspecified atom stereocenters. The van der Waals surface area contributed by atoms with Crippen molar-refractivity contribution in [3.8, 4) is 0 Å². The van der Waals surface area contributed by atoms with Crippen molar-refractivity contribution in [2.75, 3.05) is 13.1 Å². The fourth-order valence-corrected chi connectivity index (χ4v) is 2.57. The summed E-state index contributed by atoms with van der Waals surface area (Å²) in [6, 6.07) is 8.55. The molecule has 0 bridgehead atoms. The molecule has 1 heterocycles. The number of amides is 1. The van der Waals surface area contributed by atoms with Crippen LogP contribution in [0.4, 0.5) is 0 Å². The first-order valence-corrected chi connectivity index (χ1v) is 5.93. The monoisotopic (exact) mass is 216 g/mol. The lowest BCUT2D eigenvalue weighted by atomic mass is 9.77. The van der Waals surface area contributed by atoms with Crippen LogP contribution in [0.3, 0.4) is 0 Å². The summed E-state index contributed by atoms with van der Waals surface area (Å²) < 4.78 is 0. The van der Waals surface area contributed by atoms with E-state index >= 15 is 0 Å². The van der Waals surface area contributed by atoms with Crippen molar-refractivity contribution in [2.45, 2.75) is 24.8 Å². The summed E-state index contributed by atoms with van der Waals surface area (Å²) in [7, 11) is 0. The van der Waals surface area contributed by atoms with Crippen LogP contribution in [-0.2, 0) is 11.2 Å². The van der Waals surface area contributed by atoms with Crippen LogP contribution >= 0.6 is 0 Å². The van der Waals surface area contributed by atoms with Crippen LogP contribution in [0.15, 0.2) is 24.3 Å². The van der Waals surface area contributed by atoms with Gasteiger partial charge in [-0.15, -0.1) is 0 Å². The molecule has 1 aromatic rings. The Morgan fingerprint density at radius 3 is 3.00 bits per heavy atom. The van der Waals surface area contributed by atoms with E-state index in [9.17, 15) is 4.79 Å². The van der Waals surface area contributed by atoms with Crippen LogP contribution in [0.5, 0.6) is 0 Å². The molecular weight excluding hydrogens is 200 g/mol. The first kappa shape index (κ1) is 9.85. The van der Waals surface area contributed by atoms with E-state index in [1.54, 1.807) is 0 Å². The van der Waals surface area contributed by atoms with Gasteiger partial charge in [0.25, 0.3) is 0 Å². The second-order valence-electron chi connectivity index (χ2n) is 4.65. The smallest absolute Gasteiger partial charge is 0.228 e. The molecule has 0 aromatic heterocycles. The van der Waals surface area contributed by atoms with Gasteiger partial charge in [-0.25, -0.2) is 0 Å². The summed E-state index contributed by atoms with van der Waals surface area (Å²) in [6.07, 6.45) is 1.96. The average Bonchev–Trinajstić information content (AvgIpc) is 2.72. The molecule has 3 rings (SSSR count). The number of nitrogens with one attached hydrogen (secondary N) is 2. The molecule has 1 amide bonds. The SMILES string of the molecule is O=C(N[C@@H]1CCNC1)C1Cc2ccccc21. The molecule has 1 aromatic carbocycles. The van der Waals surface area contributed by atoms with Gasteiger partial charge in [-0.2, -0.15) is 0 Å². The normalized spacial score (nSPS) is 27.0. The third kappa shape index (κ3) is 1.61. The van der Waals surface area contributed by atoms with Crippen molar-refractivity contribution in [3.63, 3.8) is 0 Å². The molecule has 2 aliphatic rings. The highest BCUT2D eigenvalue weighted by atomic mass is 16.2. The Kier molecular flexibility index (Phi) is 2.40. The number of carbonyl (C=O) groups is 1. The Hall–Kier alpha value is -1.35. The summed E-state index contributed by atoms with van der Waals surface area (Å²) in [5, 5.41) is 6.38. The van der Waals surface area contributed by atoms with E-state index in [0.29, 0.717) is 6.04 Å². The predicted octanol–water partition coefficient (Wildman–Crippen LogP) is 0.804. The molecule has 84 valence electrons. The van der Waals surface area contributed by atoms with E-state index in [4.69, 9.17) is 0 Å². The van der Waals surface area contributed by atoms with Gasteiger partial charge in [-0.1, -0.05) is 24.3 Å². The molecule has 1 fully saturated rings. The summed E-state index contributed by atoms with van der Waals surface area (Å²) in [4.78, 5) is 12.0. The molecule has 3 heteroatoms. The average molecular weight is 216 g/mol. The molecule has 0 spiro atoms. The zero-order valence-corrected chi connectivity index (χ0v) is 9.20. The largest absolute Gasteiger partial charge is 0.352 e. The summed E-state index contributed by atoms with van der Waals surface area (Å²) in [5.74, 6) is 0.296. The molecule has 1 aliphatic carbocycles. The number of carbonyl (C=O) groups excluding carboxylic acids is 1. The zero-order valence-electron chi connectivity index (χ0n) is 9.20. The van der Waals surface area contributed by atoms with Gasteiger partial charge in [0.2, 0.25) is 5.91 Å². The molecule has 0 saturated carbocycles. The fraction of sp³-hybridized carbons (Fsp3) is 0.462. The molecule has 3 nitrogen and oxygen atoms in total. The highest BCUT2D eigenvalue weighted by molar-refractivity contribution is 5.87. The van der Waals surface area contributed by atoms with Gasteiger partial charge in [-0.05, 0) is 30.5 Å². The van der Waals surface area contributed by atoms with E-state index in [-0.39, 0.29) is 11.8 Å². The maximum Gasteiger partial charge on any atom is 0.228 e. The van der Waals surface area contributed by atoms with E-state index in [2.05, 4.69) is 22.8 Å². The van der Waals surface area contributed by atoms with E-state index in [1.165, 1.54) is 11.1 Å². The van der Waals surface area contributed by atoms with Gasteiger partial charge in [0.15, 0.2) is 0 Å². The van der Waals surface area contributed by atoms with Crippen molar-refractivity contribution in [1.29, 1.82) is 0 Å². The van der Waals surface area contributed by atoms with Crippen LogP contribution in [-0.4, -0.2) is 25.0 Å². The van der Waals surface area contributed by atoms with Crippen molar-refractivity contribution >= 4 is 5.91 Å². The van der Waals surface area contributed by atoms with Crippen molar-refractivity contribution in [1.82, 2.24) is 10.6 Å². The van der Waals surface area contributed by atoms with E-state index < -0.39 is 0 Å². The van der Waals surface area contributed by atoms with Crippen LogP contribution < -0.4 is 10.6 Å². The highest BCUT2D eigenvalue weighted by Crippen LogP contribution is 2.34. The van der Waals surface area contributed by atoms with Crippen LogP contribution in [0.2, 0.25) is 0 Å². The Balaban J connectivity index is 1.65. The third-order valence-electron chi connectivity index (χ3n) is 3.58. The third-order valence-corrected chi connectivity index (χ3v) is 3.58. The lowest BCUT2D eigenvalue weighted by Crippen LogP contribution is -2.42. The quantitative estimate of drug-likeness (QED) is 0.768. The Labute approximate surface area is 95.2 Å². The minimum Gasteiger partial charge on any atom is -0.352 e. The van der Waals surface area contributed by atoms with Crippen molar-refractivity contribution in [2.24, 2.45) is 0 Å². The van der Waals surface area contributed by atoms with Crippen LogP contribution in [0.1, 0.15) is 23.5 Å². The number of fused-ring (bicyclic) bond motifs is 1. The van der Waals surface area contributed by atoms with Gasteiger partial charge < -0.3 is 10.6 Å². The van der Waals surface area contributed by atoms with Crippen molar-refractivity contribution < 1.29 is 4.79 Å². The molecule has 2 N–H and O–H groups in total. The topological polar surface area (TPSA) is 41.1 Å². The van der Waals surface area contributed by atoms with Gasteiger partial charge >= 0.3 is 0 Å². The summed E-state index contributed by atoms with van der Waals surface area (Å²) >= 11 is 0. The highest BCUT2D eigenvalue weighted by Gasteiger charge is 2.32. The second kappa shape index (κ2) is 3.91. The summed E-state index contributed by atoms with van der Waals surface area (Å²) in [6.45, 7) is 1.94. The maximum atomic E-state index is 12.0. The first-order valence-electron chi connectivity index (χ1n) is 5.93. The Bertz CT molecular complexity index is 410. The van der Waals surface area contributed by atoms with Gasteiger partial charge in [0, 0.05) is 12.6 Å². The number of hydrogen-bond acceptors (Lipinski definition) is 2. The molecule has 1 saturated heterocycles. The molecular formula is C13H16N2O. The van der Waals surface area contributed by atoms with E-state index in [0.717, 1.165) is 25.9 Å². The lowest BCUT2D eigenvalue weighted by Gasteiger charge is -2.29. The van der Waals surface area contributed by atoms with Crippen molar-refractivity contribution in [3.05, 3.63) is 35.4 Å². The molecule has 16 heavy (non-hydrogen) atoms. The number of benzene rings is 1. The van der Waals surface area contributed by atoms with Crippen LogP contribution in [0.25, 0.3) is 0 Å². The summed E-state index contributed by atoms with van der Waals surface area (Å²) in [5.41, 5.74) is 2.54. The molecule has 2 atom stereocenters. The van der Waals surface area contributed by atoms with Crippen LogP contribution in [0, 0.1) is 0 Å². The van der Waals surface area contributed by atoms with Gasteiger partial charge in [0.05, 0.1) is 5.92 Å². The Morgan fingerprint density at radius 2 is 2.25 bits per heavy atom. The standard InChI is InChI=1S/C13H16N2O/c16-13(15-10-5-6-14-8-10)12-7-9-3-1-2-4-11(9)12/h1-4,10,12,14H,5-8H2,(H,15,16)/t10-,12?/m1/s1. The zero-order chi connectivity index (χ0) is 11.0. The fourth-order valence-electron chi connectivity index (χ4n) is 2.57. The molecule has 1 aliphatic heterocycles. The van der Waals surface area contributed by atoms with Gasteiger partial charge in [-0.3, -0.25) is 4.79 Å². The van der Waals surface area contributed by atoms with E-state index in [1.807, 2.05) is 12.1 Å².